The molecule has 0 aromatic rings. The predicted octanol–water partition coefficient (Wildman–Crippen LogP) is 16.0. The van der Waals surface area contributed by atoms with Crippen LogP contribution in [0.5, 0.6) is 0 Å². The van der Waals surface area contributed by atoms with Crippen LogP contribution in [0.4, 0.5) is 0 Å². The zero-order valence-corrected chi connectivity index (χ0v) is 38.9. The van der Waals surface area contributed by atoms with Crippen molar-refractivity contribution < 1.29 is 28.6 Å². The molecule has 342 valence electrons. The first-order valence-electron chi connectivity index (χ1n) is 24.6. The molecular formula is C54H90O6. The molecule has 0 heterocycles. The third-order valence-corrected chi connectivity index (χ3v) is 10.1. The molecule has 1 atom stereocenters. The topological polar surface area (TPSA) is 78.9 Å². The van der Waals surface area contributed by atoms with E-state index in [9.17, 15) is 14.4 Å². The lowest BCUT2D eigenvalue weighted by Gasteiger charge is -2.18. The molecule has 0 bridgehead atoms. The monoisotopic (exact) mass is 835 g/mol. The van der Waals surface area contributed by atoms with Crippen LogP contribution in [-0.2, 0) is 28.6 Å². The molecule has 0 rings (SSSR count). The molecule has 0 spiro atoms. The highest BCUT2D eigenvalue weighted by atomic mass is 16.6. The fourth-order valence-corrected chi connectivity index (χ4v) is 6.40. The molecule has 0 aliphatic carbocycles. The maximum atomic E-state index is 12.8. The number of allylic oxidation sites excluding steroid dienone is 14. The average Bonchev–Trinajstić information content (AvgIpc) is 3.24. The van der Waals surface area contributed by atoms with Gasteiger partial charge in [0.2, 0.25) is 0 Å². The first-order valence-corrected chi connectivity index (χ1v) is 24.6. The molecule has 6 heteroatoms. The Morgan fingerprint density at radius 3 is 1.07 bits per heavy atom. The number of esters is 3. The third-order valence-electron chi connectivity index (χ3n) is 10.1. The first-order chi connectivity index (χ1) is 29.5. The van der Waals surface area contributed by atoms with E-state index in [0.29, 0.717) is 19.3 Å². The van der Waals surface area contributed by atoms with E-state index in [1.807, 2.05) is 0 Å². The van der Waals surface area contributed by atoms with E-state index < -0.39 is 6.10 Å². The summed E-state index contributed by atoms with van der Waals surface area (Å²) < 4.78 is 16.7. The zero-order valence-electron chi connectivity index (χ0n) is 38.9. The minimum absolute atomic E-state index is 0.101. The van der Waals surface area contributed by atoms with Crippen molar-refractivity contribution in [1.29, 1.82) is 0 Å². The molecular weight excluding hydrogens is 745 g/mol. The summed E-state index contributed by atoms with van der Waals surface area (Å²) in [5.74, 6) is -0.971. The van der Waals surface area contributed by atoms with Gasteiger partial charge in [-0.3, -0.25) is 14.4 Å². The van der Waals surface area contributed by atoms with Crippen LogP contribution in [0.2, 0.25) is 0 Å². The van der Waals surface area contributed by atoms with E-state index >= 15 is 0 Å². The summed E-state index contributed by atoms with van der Waals surface area (Å²) in [5, 5.41) is 0. The van der Waals surface area contributed by atoms with Crippen LogP contribution < -0.4 is 0 Å². The second-order valence-electron chi connectivity index (χ2n) is 16.0. The number of hydrogen-bond acceptors (Lipinski definition) is 6. The lowest BCUT2D eigenvalue weighted by Crippen LogP contribution is -2.30. The van der Waals surface area contributed by atoms with Crippen LogP contribution in [-0.4, -0.2) is 37.2 Å². The zero-order chi connectivity index (χ0) is 43.7. The van der Waals surface area contributed by atoms with Crippen LogP contribution in [0.1, 0.15) is 220 Å². The van der Waals surface area contributed by atoms with Crippen LogP contribution in [0.15, 0.2) is 85.1 Å². The number of rotatable bonds is 43. The third kappa shape index (κ3) is 45.7. The van der Waals surface area contributed by atoms with E-state index in [1.165, 1.54) is 57.8 Å². The molecule has 0 aliphatic heterocycles. The second kappa shape index (κ2) is 48.3. The molecule has 0 saturated heterocycles. The molecule has 0 radical (unpaired) electrons. The molecule has 1 unspecified atom stereocenters. The first kappa shape index (κ1) is 56.6. The van der Waals surface area contributed by atoms with Crippen molar-refractivity contribution in [3.8, 4) is 0 Å². The average molecular weight is 835 g/mol. The number of unbranched alkanes of at least 4 members (excludes halogenated alkanes) is 18. The van der Waals surface area contributed by atoms with Gasteiger partial charge in [0.05, 0.1) is 0 Å². The van der Waals surface area contributed by atoms with Gasteiger partial charge in [0.1, 0.15) is 13.2 Å². The highest BCUT2D eigenvalue weighted by molar-refractivity contribution is 5.71. The Morgan fingerprint density at radius 1 is 0.350 bits per heavy atom. The molecule has 0 amide bonds. The van der Waals surface area contributed by atoms with Crippen LogP contribution in [0.3, 0.4) is 0 Å². The van der Waals surface area contributed by atoms with Gasteiger partial charge in [0.15, 0.2) is 6.10 Å². The minimum atomic E-state index is -0.803. The van der Waals surface area contributed by atoms with Crippen LogP contribution in [0.25, 0.3) is 0 Å². The van der Waals surface area contributed by atoms with Gasteiger partial charge in [-0.25, -0.2) is 0 Å². The number of carbonyl (C=O) groups is 3. The number of carbonyl (C=O) groups excluding carboxylic acids is 3. The Kier molecular flexibility index (Phi) is 45.5. The van der Waals surface area contributed by atoms with E-state index in [1.54, 1.807) is 0 Å². The summed E-state index contributed by atoms with van der Waals surface area (Å²) in [7, 11) is 0. The Morgan fingerprint density at radius 2 is 0.650 bits per heavy atom. The van der Waals surface area contributed by atoms with E-state index in [0.717, 1.165) is 122 Å². The Hall–Kier alpha value is -3.41. The Bertz CT molecular complexity index is 1190. The second-order valence-corrected chi connectivity index (χ2v) is 16.0. The predicted molar refractivity (Wildman–Crippen MR) is 256 cm³/mol. The summed E-state index contributed by atoms with van der Waals surface area (Å²) in [4.78, 5) is 37.9. The van der Waals surface area contributed by atoms with Crippen LogP contribution in [0, 0.1) is 0 Å². The standard InChI is InChI=1S/C54H90O6/c1-4-7-10-13-16-19-22-25-27-29-32-35-38-41-44-47-53(56)59-50-51(49-58-52(55)46-43-40-37-34-31-24-21-18-15-12-9-6-3)60-54(57)48-45-42-39-36-33-30-28-26-23-20-17-14-11-8-5-2/h7,10,16-21,25-28,32,35,51H,4-6,8-9,11-15,22-24,29-31,33-34,36-50H2,1-3H3/b10-7-,19-16-,20-17-,21-18-,27-25-,28-26-,35-32-. The molecule has 60 heavy (non-hydrogen) atoms. The number of ether oxygens (including phenoxy) is 3. The largest absolute Gasteiger partial charge is 0.462 e. The van der Waals surface area contributed by atoms with E-state index in [-0.39, 0.29) is 31.1 Å². The summed E-state index contributed by atoms with van der Waals surface area (Å²) in [6.45, 7) is 6.40. The molecule has 0 fully saturated rings. The summed E-state index contributed by atoms with van der Waals surface area (Å²) in [6, 6.07) is 0. The summed E-state index contributed by atoms with van der Waals surface area (Å²) >= 11 is 0. The van der Waals surface area contributed by atoms with Gasteiger partial charge in [-0.1, -0.05) is 170 Å². The van der Waals surface area contributed by atoms with Gasteiger partial charge < -0.3 is 14.2 Å². The Labute approximate surface area is 369 Å². The molecule has 0 aliphatic rings. The smallest absolute Gasteiger partial charge is 0.306 e. The van der Waals surface area contributed by atoms with E-state index in [4.69, 9.17) is 14.2 Å². The highest BCUT2D eigenvalue weighted by Crippen LogP contribution is 2.12. The van der Waals surface area contributed by atoms with Crippen molar-refractivity contribution in [2.75, 3.05) is 13.2 Å². The Balaban J connectivity index is 4.50. The molecule has 0 aromatic carbocycles. The highest BCUT2D eigenvalue weighted by Gasteiger charge is 2.19. The van der Waals surface area contributed by atoms with Gasteiger partial charge in [-0.2, -0.15) is 0 Å². The fourth-order valence-electron chi connectivity index (χ4n) is 6.40. The van der Waals surface area contributed by atoms with Crippen molar-refractivity contribution in [2.45, 2.75) is 226 Å². The SMILES string of the molecule is CC/C=C\C/C=C\C/C=C\C/C=C\CCCCC(=O)OCC(COC(=O)CCCCCCC/C=C\CCCCC)OC(=O)CCCCCCC/C=C\C/C=C\CCCCC. The van der Waals surface area contributed by atoms with Gasteiger partial charge in [0, 0.05) is 19.3 Å². The van der Waals surface area contributed by atoms with Gasteiger partial charge >= 0.3 is 17.9 Å². The normalized spacial score (nSPS) is 12.8. The van der Waals surface area contributed by atoms with Crippen molar-refractivity contribution in [3.05, 3.63) is 85.1 Å². The summed E-state index contributed by atoms with van der Waals surface area (Å²) in [6.07, 6.45) is 61.3. The quantitative estimate of drug-likeness (QED) is 0.0263. The van der Waals surface area contributed by atoms with Crippen molar-refractivity contribution in [3.63, 3.8) is 0 Å². The van der Waals surface area contributed by atoms with Gasteiger partial charge in [0.25, 0.3) is 0 Å². The van der Waals surface area contributed by atoms with Gasteiger partial charge in [-0.15, -0.1) is 0 Å². The molecule has 0 N–H and O–H groups in total. The molecule has 0 saturated carbocycles. The van der Waals surface area contributed by atoms with Crippen molar-refractivity contribution in [1.82, 2.24) is 0 Å². The minimum Gasteiger partial charge on any atom is -0.462 e. The maximum absolute atomic E-state index is 12.8. The molecule has 6 nitrogen and oxygen atoms in total. The number of hydrogen-bond donors (Lipinski definition) is 0. The lowest BCUT2D eigenvalue weighted by atomic mass is 10.1. The lowest BCUT2D eigenvalue weighted by molar-refractivity contribution is -0.167. The fraction of sp³-hybridized carbons (Fsp3) is 0.685. The molecule has 0 aromatic heterocycles. The van der Waals surface area contributed by atoms with Crippen molar-refractivity contribution in [2.24, 2.45) is 0 Å². The van der Waals surface area contributed by atoms with E-state index in [2.05, 4.69) is 106 Å². The van der Waals surface area contributed by atoms with Crippen molar-refractivity contribution >= 4 is 17.9 Å². The van der Waals surface area contributed by atoms with Gasteiger partial charge in [-0.05, 0) is 116 Å². The summed E-state index contributed by atoms with van der Waals surface area (Å²) in [5.41, 5.74) is 0. The van der Waals surface area contributed by atoms with Crippen LogP contribution >= 0.6 is 0 Å². The maximum Gasteiger partial charge on any atom is 0.306 e.